The molecule has 0 bridgehead atoms. The summed E-state index contributed by atoms with van der Waals surface area (Å²) >= 11 is 0. The van der Waals surface area contributed by atoms with Gasteiger partial charge < -0.3 is 15.5 Å². The fraction of sp³-hybridized carbons (Fsp3) is 0.750. The molecular formula is C20H32N6O. The van der Waals surface area contributed by atoms with Crippen molar-refractivity contribution in [3.63, 3.8) is 0 Å². The summed E-state index contributed by atoms with van der Waals surface area (Å²) in [5.41, 5.74) is 0. The first-order valence-electron chi connectivity index (χ1n) is 10.6. The molecule has 3 aliphatic rings. The summed E-state index contributed by atoms with van der Waals surface area (Å²) in [4.78, 5) is 26.4. The van der Waals surface area contributed by atoms with Gasteiger partial charge in [-0.3, -0.25) is 9.69 Å². The van der Waals surface area contributed by atoms with Gasteiger partial charge in [-0.15, -0.1) is 0 Å². The molecule has 3 fully saturated rings. The lowest BCUT2D eigenvalue weighted by Gasteiger charge is -2.42. The average Bonchev–Trinajstić information content (AvgIpc) is 3.53. The minimum Gasteiger partial charge on any atom is -0.370 e. The van der Waals surface area contributed by atoms with Crippen molar-refractivity contribution in [1.29, 1.82) is 0 Å². The van der Waals surface area contributed by atoms with Gasteiger partial charge in [0.25, 0.3) is 0 Å². The topological polar surface area (TPSA) is 73.4 Å². The lowest BCUT2D eigenvalue weighted by molar-refractivity contribution is -0.127. The number of rotatable bonds is 6. The Hall–Kier alpha value is -1.89. The first kappa shape index (κ1) is 18.5. The van der Waals surface area contributed by atoms with Gasteiger partial charge in [-0.25, -0.2) is 4.98 Å². The Kier molecular flexibility index (Phi) is 5.76. The van der Waals surface area contributed by atoms with Crippen LogP contribution in [0.1, 0.15) is 45.4 Å². The first-order valence-corrected chi connectivity index (χ1v) is 10.6. The number of carbonyl (C=O) groups excluding carboxylic acids is 1. The van der Waals surface area contributed by atoms with Gasteiger partial charge >= 0.3 is 0 Å². The number of nitrogens with one attached hydrogen (secondary N) is 2. The molecule has 1 aromatic rings. The molecule has 0 spiro atoms. The smallest absolute Gasteiger partial charge is 0.227 e. The summed E-state index contributed by atoms with van der Waals surface area (Å²) in [5, 5.41) is 6.45. The van der Waals surface area contributed by atoms with Gasteiger partial charge in [0.2, 0.25) is 11.9 Å². The second kappa shape index (κ2) is 8.42. The van der Waals surface area contributed by atoms with Crippen molar-refractivity contribution in [2.45, 2.75) is 57.5 Å². The number of nitrogens with zero attached hydrogens (tertiary/aromatic N) is 4. The lowest BCUT2D eigenvalue weighted by Crippen LogP contribution is -2.51. The Morgan fingerprint density at radius 2 is 2.00 bits per heavy atom. The standard InChI is InChI=1S/C20H32N6O/c1-2-21-18-7-10-22-20(24-18)25-12-8-17(9-13-25)26-11-3-4-15(14-26)19(27)23-16-5-6-16/h7,10,15-17H,2-6,8-9,11-14H2,1H3,(H,23,27)(H,21,22,24)/t15-/m1/s1. The molecule has 1 aliphatic carbocycles. The highest BCUT2D eigenvalue weighted by Gasteiger charge is 2.34. The zero-order valence-corrected chi connectivity index (χ0v) is 16.4. The molecule has 1 saturated carbocycles. The summed E-state index contributed by atoms with van der Waals surface area (Å²) in [6.07, 6.45) is 8.57. The zero-order chi connectivity index (χ0) is 18.6. The number of amides is 1. The summed E-state index contributed by atoms with van der Waals surface area (Å²) in [6.45, 7) is 6.96. The van der Waals surface area contributed by atoms with Crippen molar-refractivity contribution < 1.29 is 4.79 Å². The van der Waals surface area contributed by atoms with Crippen molar-refractivity contribution in [2.24, 2.45) is 5.92 Å². The molecule has 0 aromatic carbocycles. The minimum absolute atomic E-state index is 0.178. The largest absolute Gasteiger partial charge is 0.370 e. The maximum atomic E-state index is 12.4. The van der Waals surface area contributed by atoms with Crippen LogP contribution < -0.4 is 15.5 Å². The third kappa shape index (κ3) is 4.69. The molecule has 4 rings (SSSR count). The van der Waals surface area contributed by atoms with E-state index in [1.165, 1.54) is 0 Å². The molecule has 27 heavy (non-hydrogen) atoms. The average molecular weight is 373 g/mol. The molecule has 7 nitrogen and oxygen atoms in total. The fourth-order valence-electron chi connectivity index (χ4n) is 4.31. The third-order valence-corrected chi connectivity index (χ3v) is 6.01. The predicted octanol–water partition coefficient (Wildman–Crippen LogP) is 1.87. The van der Waals surface area contributed by atoms with Gasteiger partial charge in [-0.05, 0) is 58.1 Å². The summed E-state index contributed by atoms with van der Waals surface area (Å²) in [5.74, 6) is 2.18. The van der Waals surface area contributed by atoms with E-state index in [2.05, 4.69) is 37.3 Å². The highest BCUT2D eigenvalue weighted by atomic mass is 16.2. The van der Waals surface area contributed by atoms with Crippen molar-refractivity contribution >= 4 is 17.7 Å². The van der Waals surface area contributed by atoms with Crippen LogP contribution in [-0.2, 0) is 4.79 Å². The third-order valence-electron chi connectivity index (χ3n) is 6.01. The molecule has 2 N–H and O–H groups in total. The molecule has 148 valence electrons. The molecule has 0 unspecified atom stereocenters. The second-order valence-electron chi connectivity index (χ2n) is 8.11. The molecule has 2 saturated heterocycles. The minimum atomic E-state index is 0.178. The van der Waals surface area contributed by atoms with E-state index in [0.29, 0.717) is 12.1 Å². The summed E-state index contributed by atoms with van der Waals surface area (Å²) in [6, 6.07) is 2.96. The second-order valence-corrected chi connectivity index (χ2v) is 8.11. The van der Waals surface area contributed by atoms with Gasteiger partial charge in [-0.2, -0.15) is 4.98 Å². The fourth-order valence-corrected chi connectivity index (χ4v) is 4.31. The zero-order valence-electron chi connectivity index (χ0n) is 16.4. The first-order chi connectivity index (χ1) is 13.2. The van der Waals surface area contributed by atoms with Crippen LogP contribution in [0.3, 0.4) is 0 Å². The van der Waals surface area contributed by atoms with E-state index in [4.69, 9.17) is 0 Å². The predicted molar refractivity (Wildman–Crippen MR) is 107 cm³/mol. The Morgan fingerprint density at radius 3 is 2.74 bits per heavy atom. The maximum absolute atomic E-state index is 12.4. The molecule has 1 atom stereocenters. The van der Waals surface area contributed by atoms with Crippen LogP contribution in [0.25, 0.3) is 0 Å². The van der Waals surface area contributed by atoms with E-state index < -0.39 is 0 Å². The molecule has 2 aliphatic heterocycles. The highest BCUT2D eigenvalue weighted by Crippen LogP contribution is 2.27. The van der Waals surface area contributed by atoms with Crippen molar-refractivity contribution in [3.05, 3.63) is 12.3 Å². The van der Waals surface area contributed by atoms with Gasteiger partial charge in [0, 0.05) is 44.5 Å². The molecule has 1 amide bonds. The normalized spacial score (nSPS) is 24.6. The number of hydrogen-bond donors (Lipinski definition) is 2. The lowest BCUT2D eigenvalue weighted by atomic mass is 9.93. The number of piperidine rings is 2. The summed E-state index contributed by atoms with van der Waals surface area (Å²) in [7, 11) is 0. The molecule has 1 aromatic heterocycles. The number of anilines is 2. The van der Waals surface area contributed by atoms with Crippen LogP contribution in [0, 0.1) is 5.92 Å². The maximum Gasteiger partial charge on any atom is 0.227 e. The molecule has 3 heterocycles. The van der Waals surface area contributed by atoms with E-state index in [0.717, 1.165) is 83.0 Å². The Morgan fingerprint density at radius 1 is 1.19 bits per heavy atom. The van der Waals surface area contributed by atoms with Crippen molar-refractivity contribution in [1.82, 2.24) is 20.2 Å². The van der Waals surface area contributed by atoms with Crippen LogP contribution in [0.15, 0.2) is 12.3 Å². The number of carbonyl (C=O) groups is 1. The van der Waals surface area contributed by atoms with Crippen LogP contribution in [0.4, 0.5) is 11.8 Å². The van der Waals surface area contributed by atoms with Crippen molar-refractivity contribution in [2.75, 3.05) is 42.9 Å². The quantitative estimate of drug-likeness (QED) is 0.794. The van der Waals surface area contributed by atoms with Gasteiger partial charge in [-0.1, -0.05) is 0 Å². The SMILES string of the molecule is CCNc1ccnc(N2CCC(N3CCC[C@@H](C(=O)NC4CC4)C3)CC2)n1. The monoisotopic (exact) mass is 372 g/mol. The Bertz CT molecular complexity index is 641. The molecule has 0 radical (unpaired) electrons. The summed E-state index contributed by atoms with van der Waals surface area (Å²) < 4.78 is 0. The van der Waals surface area contributed by atoms with Crippen molar-refractivity contribution in [3.8, 4) is 0 Å². The van der Waals surface area contributed by atoms with Crippen LogP contribution >= 0.6 is 0 Å². The molecular weight excluding hydrogens is 340 g/mol. The van der Waals surface area contributed by atoms with E-state index >= 15 is 0 Å². The van der Waals surface area contributed by atoms with Crippen LogP contribution in [0.2, 0.25) is 0 Å². The van der Waals surface area contributed by atoms with E-state index in [1.807, 2.05) is 12.3 Å². The molecule has 7 heteroatoms. The Balaban J connectivity index is 1.29. The highest BCUT2D eigenvalue weighted by molar-refractivity contribution is 5.79. The van der Waals surface area contributed by atoms with E-state index in [1.54, 1.807) is 0 Å². The number of aromatic nitrogens is 2. The van der Waals surface area contributed by atoms with Crippen LogP contribution in [0.5, 0.6) is 0 Å². The number of hydrogen-bond acceptors (Lipinski definition) is 6. The van der Waals surface area contributed by atoms with Gasteiger partial charge in [0.1, 0.15) is 5.82 Å². The Labute approximate surface area is 161 Å². The van der Waals surface area contributed by atoms with Crippen LogP contribution in [-0.4, -0.2) is 65.6 Å². The van der Waals surface area contributed by atoms with E-state index in [-0.39, 0.29) is 11.8 Å². The number of likely N-dealkylation sites (tertiary alicyclic amines) is 1. The van der Waals surface area contributed by atoms with Gasteiger partial charge in [0.15, 0.2) is 0 Å². The van der Waals surface area contributed by atoms with E-state index in [9.17, 15) is 4.79 Å². The van der Waals surface area contributed by atoms with Gasteiger partial charge in [0.05, 0.1) is 5.92 Å².